The summed E-state index contributed by atoms with van der Waals surface area (Å²) in [5, 5.41) is 0. The molecule has 3 rings (SSSR count). The van der Waals surface area contributed by atoms with E-state index in [9.17, 15) is 13.2 Å². The molecule has 0 aliphatic carbocycles. The third-order valence-corrected chi connectivity index (χ3v) is 6.55. The Balaban J connectivity index is 1.60. The number of hydrogen-bond acceptors (Lipinski definition) is 4. The van der Waals surface area contributed by atoms with E-state index in [1.807, 2.05) is 49.1 Å². The topological polar surface area (TPSA) is 63.7 Å². The molecule has 2 aromatic rings. The Morgan fingerprint density at radius 1 is 1.07 bits per heavy atom. The molecule has 1 saturated heterocycles. The smallest absolute Gasteiger partial charge is 0.296 e. The third-order valence-electron chi connectivity index (χ3n) is 5.22. The lowest BCUT2D eigenvalue weighted by Crippen LogP contribution is -2.30. The monoisotopic (exact) mass is 387 g/mol. The number of hydrogen-bond donors (Lipinski definition) is 0. The largest absolute Gasteiger partial charge is 0.335 e. The van der Waals surface area contributed by atoms with Crippen molar-refractivity contribution < 1.29 is 17.4 Å². The number of likely N-dealkylation sites (tertiary alicyclic amines) is 1. The van der Waals surface area contributed by atoms with Crippen LogP contribution >= 0.6 is 0 Å². The highest BCUT2D eigenvalue weighted by molar-refractivity contribution is 7.86. The van der Waals surface area contributed by atoms with Crippen molar-refractivity contribution in [2.75, 3.05) is 13.2 Å². The van der Waals surface area contributed by atoms with Gasteiger partial charge in [0.15, 0.2) is 0 Å². The molecule has 0 aromatic heterocycles. The van der Waals surface area contributed by atoms with E-state index in [2.05, 4.69) is 0 Å². The number of carbonyl (C=O) groups excluding carboxylic acids is 1. The van der Waals surface area contributed by atoms with Gasteiger partial charge in [0.2, 0.25) is 5.91 Å². The Labute approximate surface area is 161 Å². The predicted molar refractivity (Wildman–Crippen MR) is 103 cm³/mol. The Kier molecular flexibility index (Phi) is 5.97. The molecule has 144 valence electrons. The summed E-state index contributed by atoms with van der Waals surface area (Å²) in [7, 11) is -3.78. The lowest BCUT2D eigenvalue weighted by molar-refractivity contribution is -0.133. The number of benzene rings is 2. The first kappa shape index (κ1) is 19.6. The van der Waals surface area contributed by atoms with Gasteiger partial charge >= 0.3 is 0 Å². The Morgan fingerprint density at radius 3 is 2.30 bits per heavy atom. The molecule has 3 atom stereocenters. The van der Waals surface area contributed by atoms with Crippen molar-refractivity contribution in [1.82, 2.24) is 4.90 Å². The molecule has 1 amide bonds. The van der Waals surface area contributed by atoms with E-state index in [0.717, 1.165) is 5.56 Å². The standard InChI is InChI=1S/C21H25NO4S/c1-16-15-22(17(2)18-9-5-3-6-10-18)21(23)20(16)13-14-26-27(24,25)19-11-7-4-8-12-19/h3-12,16-17,20H,13-15H2,1-2H3/t16-,17-,20?/m1/s1. The number of nitrogens with zero attached hydrogens (tertiary/aromatic N) is 1. The third kappa shape index (κ3) is 4.39. The minimum atomic E-state index is -3.78. The number of carbonyl (C=O) groups is 1. The predicted octanol–water partition coefficient (Wildman–Crippen LogP) is 3.64. The van der Waals surface area contributed by atoms with E-state index in [0.29, 0.717) is 13.0 Å². The highest BCUT2D eigenvalue weighted by Crippen LogP contribution is 2.34. The maximum atomic E-state index is 12.9. The van der Waals surface area contributed by atoms with Crippen molar-refractivity contribution in [3.8, 4) is 0 Å². The molecule has 1 fully saturated rings. The van der Waals surface area contributed by atoms with E-state index in [1.165, 1.54) is 12.1 Å². The molecular formula is C21H25NO4S. The maximum Gasteiger partial charge on any atom is 0.296 e. The fourth-order valence-corrected chi connectivity index (χ4v) is 4.53. The molecular weight excluding hydrogens is 362 g/mol. The fraction of sp³-hybridized carbons (Fsp3) is 0.381. The highest BCUT2D eigenvalue weighted by Gasteiger charge is 2.39. The van der Waals surface area contributed by atoms with Crippen LogP contribution in [0.5, 0.6) is 0 Å². The van der Waals surface area contributed by atoms with Crippen LogP contribution in [0.1, 0.15) is 31.9 Å². The molecule has 0 spiro atoms. The van der Waals surface area contributed by atoms with Gasteiger partial charge in [0.05, 0.1) is 17.5 Å². The van der Waals surface area contributed by atoms with E-state index >= 15 is 0 Å². The van der Waals surface area contributed by atoms with Gasteiger partial charge < -0.3 is 4.90 Å². The average Bonchev–Trinajstić information content (AvgIpc) is 2.97. The van der Waals surface area contributed by atoms with E-state index in [-0.39, 0.29) is 35.3 Å². The first-order valence-corrected chi connectivity index (χ1v) is 10.6. The summed E-state index contributed by atoms with van der Waals surface area (Å²) in [5.41, 5.74) is 1.10. The van der Waals surface area contributed by atoms with E-state index in [1.54, 1.807) is 18.2 Å². The maximum absolute atomic E-state index is 12.9. The SMILES string of the molecule is C[C@@H]1CN([C@H](C)c2ccccc2)C(=O)C1CCOS(=O)(=O)c1ccccc1. The molecule has 0 bridgehead atoms. The Bertz CT molecular complexity index is 868. The number of amides is 1. The summed E-state index contributed by atoms with van der Waals surface area (Å²) in [6.07, 6.45) is 0.393. The fourth-order valence-electron chi connectivity index (χ4n) is 3.59. The Morgan fingerprint density at radius 2 is 1.67 bits per heavy atom. The molecule has 0 N–H and O–H groups in total. The van der Waals surface area contributed by atoms with Gasteiger partial charge in [-0.3, -0.25) is 8.98 Å². The van der Waals surface area contributed by atoms with Crippen LogP contribution in [-0.2, 0) is 19.1 Å². The van der Waals surface area contributed by atoms with Crippen LogP contribution in [0.25, 0.3) is 0 Å². The normalized spacial score (nSPS) is 21.4. The zero-order valence-electron chi connectivity index (χ0n) is 15.6. The second kappa shape index (κ2) is 8.23. The molecule has 1 unspecified atom stereocenters. The van der Waals surface area contributed by atoms with Crippen LogP contribution in [0.2, 0.25) is 0 Å². The van der Waals surface area contributed by atoms with Gasteiger partial charge in [-0.05, 0) is 37.0 Å². The zero-order chi connectivity index (χ0) is 19.4. The summed E-state index contributed by atoms with van der Waals surface area (Å²) in [6, 6.07) is 18.0. The van der Waals surface area contributed by atoms with E-state index < -0.39 is 10.1 Å². The quantitative estimate of drug-likeness (QED) is 0.681. The van der Waals surface area contributed by atoms with Crippen molar-refractivity contribution in [3.63, 3.8) is 0 Å². The zero-order valence-corrected chi connectivity index (χ0v) is 16.4. The van der Waals surface area contributed by atoms with Crippen molar-refractivity contribution in [2.45, 2.75) is 31.2 Å². The van der Waals surface area contributed by atoms with Crippen LogP contribution in [0.4, 0.5) is 0 Å². The molecule has 2 aromatic carbocycles. The second-order valence-electron chi connectivity index (χ2n) is 7.04. The van der Waals surface area contributed by atoms with Gasteiger partial charge in [0, 0.05) is 12.5 Å². The van der Waals surface area contributed by atoms with Crippen LogP contribution < -0.4 is 0 Å². The van der Waals surface area contributed by atoms with Gasteiger partial charge in [-0.2, -0.15) is 8.42 Å². The van der Waals surface area contributed by atoms with Gasteiger partial charge in [-0.15, -0.1) is 0 Å². The minimum absolute atomic E-state index is 0.000111. The lowest BCUT2D eigenvalue weighted by atomic mass is 9.95. The van der Waals surface area contributed by atoms with Gasteiger partial charge in [0.1, 0.15) is 0 Å². The molecule has 0 radical (unpaired) electrons. The van der Waals surface area contributed by atoms with Crippen LogP contribution in [-0.4, -0.2) is 32.4 Å². The summed E-state index contributed by atoms with van der Waals surface area (Å²) in [6.45, 7) is 4.74. The molecule has 6 heteroatoms. The van der Waals surface area contributed by atoms with E-state index in [4.69, 9.17) is 4.18 Å². The average molecular weight is 388 g/mol. The summed E-state index contributed by atoms with van der Waals surface area (Å²) in [4.78, 5) is 14.9. The van der Waals surface area contributed by atoms with Crippen molar-refractivity contribution in [3.05, 3.63) is 66.2 Å². The molecule has 27 heavy (non-hydrogen) atoms. The molecule has 0 saturated carbocycles. The molecule has 1 heterocycles. The molecule has 1 aliphatic rings. The minimum Gasteiger partial charge on any atom is -0.335 e. The Hall–Kier alpha value is -2.18. The van der Waals surface area contributed by atoms with Gasteiger partial charge in [-0.1, -0.05) is 55.5 Å². The molecule has 5 nitrogen and oxygen atoms in total. The lowest BCUT2D eigenvalue weighted by Gasteiger charge is -2.25. The summed E-state index contributed by atoms with van der Waals surface area (Å²) >= 11 is 0. The van der Waals surface area contributed by atoms with Crippen LogP contribution in [0.15, 0.2) is 65.6 Å². The van der Waals surface area contributed by atoms with Gasteiger partial charge in [0.25, 0.3) is 10.1 Å². The van der Waals surface area contributed by atoms with Crippen molar-refractivity contribution in [2.24, 2.45) is 11.8 Å². The molecule has 1 aliphatic heterocycles. The van der Waals surface area contributed by atoms with Gasteiger partial charge in [-0.25, -0.2) is 0 Å². The summed E-state index contributed by atoms with van der Waals surface area (Å²) < 4.78 is 29.6. The van der Waals surface area contributed by atoms with Crippen molar-refractivity contribution >= 4 is 16.0 Å². The van der Waals surface area contributed by atoms with Crippen LogP contribution in [0.3, 0.4) is 0 Å². The first-order valence-electron chi connectivity index (χ1n) is 9.20. The second-order valence-corrected chi connectivity index (χ2v) is 8.65. The first-order chi connectivity index (χ1) is 12.9. The number of rotatable bonds is 7. The van der Waals surface area contributed by atoms with Crippen LogP contribution in [0, 0.1) is 11.8 Å². The highest BCUT2D eigenvalue weighted by atomic mass is 32.2. The summed E-state index contributed by atoms with van der Waals surface area (Å²) in [5.74, 6) is 0.00777. The van der Waals surface area contributed by atoms with Crippen molar-refractivity contribution in [1.29, 1.82) is 0 Å².